The highest BCUT2D eigenvalue weighted by Gasteiger charge is 2.21. The predicted octanol–water partition coefficient (Wildman–Crippen LogP) is 3.73. The quantitative estimate of drug-likeness (QED) is 0.767. The molecule has 0 radical (unpaired) electrons. The van der Waals surface area contributed by atoms with Gasteiger partial charge in [0.2, 0.25) is 0 Å². The highest BCUT2D eigenvalue weighted by Crippen LogP contribution is 2.29. The molecule has 4 rings (SSSR count). The lowest BCUT2D eigenvalue weighted by atomic mass is 9.99. The number of hydrogen-bond acceptors (Lipinski definition) is 5. The summed E-state index contributed by atoms with van der Waals surface area (Å²) in [7, 11) is 0. The number of aryl methyl sites for hydroxylation is 2. The number of aromatic nitrogens is 3. The summed E-state index contributed by atoms with van der Waals surface area (Å²) < 4.78 is 2.27. The van der Waals surface area contributed by atoms with Gasteiger partial charge in [-0.25, -0.2) is 0 Å². The van der Waals surface area contributed by atoms with Gasteiger partial charge in [-0.1, -0.05) is 6.07 Å². The van der Waals surface area contributed by atoms with Crippen LogP contribution in [0, 0.1) is 12.8 Å². The van der Waals surface area contributed by atoms with E-state index in [1.807, 2.05) is 18.3 Å². The van der Waals surface area contributed by atoms with Crippen molar-refractivity contribution in [2.45, 2.75) is 32.9 Å². The van der Waals surface area contributed by atoms with Crippen molar-refractivity contribution in [2.24, 2.45) is 5.92 Å². The van der Waals surface area contributed by atoms with Gasteiger partial charge in [-0.3, -0.25) is 0 Å². The second kappa shape index (κ2) is 6.55. The summed E-state index contributed by atoms with van der Waals surface area (Å²) in [5.74, 6) is 2.87. The molecule has 0 saturated carbocycles. The van der Waals surface area contributed by atoms with Crippen molar-refractivity contribution in [3.63, 3.8) is 0 Å². The molecule has 4 nitrogen and oxygen atoms in total. The average Bonchev–Trinajstić information content (AvgIpc) is 3.29. The van der Waals surface area contributed by atoms with E-state index in [9.17, 15) is 0 Å². The van der Waals surface area contributed by atoms with Gasteiger partial charge in [0, 0.05) is 41.4 Å². The molecule has 0 aromatic carbocycles. The molecule has 3 aromatic heterocycles. The van der Waals surface area contributed by atoms with Crippen LogP contribution in [0.3, 0.4) is 0 Å². The van der Waals surface area contributed by atoms with Crippen LogP contribution in [0.1, 0.15) is 22.9 Å². The van der Waals surface area contributed by atoms with Crippen LogP contribution >= 0.6 is 22.7 Å². The Morgan fingerprint density at radius 2 is 2.30 bits per heavy atom. The fourth-order valence-corrected chi connectivity index (χ4v) is 4.78. The van der Waals surface area contributed by atoms with E-state index in [-0.39, 0.29) is 0 Å². The normalized spacial score (nSPS) is 17.3. The van der Waals surface area contributed by atoms with Crippen LogP contribution in [0.5, 0.6) is 0 Å². The first kappa shape index (κ1) is 15.1. The Morgan fingerprint density at radius 3 is 3.17 bits per heavy atom. The van der Waals surface area contributed by atoms with Gasteiger partial charge in [0.05, 0.1) is 0 Å². The number of thiophene rings is 2. The number of fused-ring (bicyclic) bond motifs is 1. The van der Waals surface area contributed by atoms with E-state index in [0.29, 0.717) is 5.92 Å². The molecule has 0 amide bonds. The second-order valence-electron chi connectivity index (χ2n) is 6.09. The molecule has 4 heterocycles. The minimum Gasteiger partial charge on any atom is -0.315 e. The van der Waals surface area contributed by atoms with Crippen LogP contribution in [0.15, 0.2) is 29.0 Å². The number of hydrogen-bond donors (Lipinski definition) is 1. The summed E-state index contributed by atoms with van der Waals surface area (Å²) >= 11 is 3.65. The van der Waals surface area contributed by atoms with E-state index in [1.165, 1.54) is 21.7 Å². The molecule has 0 aliphatic carbocycles. The SMILES string of the molecule is Cc1nnc2n1C[C@@H](CNCc1cc(-c3cccs3)cs1)CC2. The largest absolute Gasteiger partial charge is 0.315 e. The summed E-state index contributed by atoms with van der Waals surface area (Å²) in [6.07, 6.45) is 2.25. The highest BCUT2D eigenvalue weighted by molar-refractivity contribution is 7.14. The van der Waals surface area contributed by atoms with E-state index < -0.39 is 0 Å². The van der Waals surface area contributed by atoms with E-state index in [2.05, 4.69) is 49.0 Å². The minimum atomic E-state index is 0.675. The van der Waals surface area contributed by atoms with Crippen LogP contribution in [0.4, 0.5) is 0 Å². The van der Waals surface area contributed by atoms with Crippen LogP contribution in [-0.2, 0) is 19.5 Å². The van der Waals surface area contributed by atoms with Gasteiger partial charge in [-0.2, -0.15) is 0 Å². The van der Waals surface area contributed by atoms with Crippen molar-refractivity contribution in [1.29, 1.82) is 0 Å². The van der Waals surface area contributed by atoms with Gasteiger partial charge in [0.15, 0.2) is 0 Å². The molecular weight excluding hydrogens is 324 g/mol. The Morgan fingerprint density at radius 1 is 1.35 bits per heavy atom. The maximum Gasteiger partial charge on any atom is 0.133 e. The van der Waals surface area contributed by atoms with Crippen molar-refractivity contribution >= 4 is 22.7 Å². The Bertz CT molecular complexity index is 772. The van der Waals surface area contributed by atoms with Crippen molar-refractivity contribution in [3.8, 4) is 10.4 Å². The Kier molecular flexibility index (Phi) is 4.29. The molecule has 1 N–H and O–H groups in total. The predicted molar refractivity (Wildman–Crippen MR) is 95.9 cm³/mol. The van der Waals surface area contributed by atoms with Crippen LogP contribution in [0.25, 0.3) is 10.4 Å². The average molecular weight is 345 g/mol. The smallest absolute Gasteiger partial charge is 0.133 e. The third-order valence-corrected chi connectivity index (χ3v) is 6.28. The lowest BCUT2D eigenvalue weighted by molar-refractivity contribution is 0.344. The van der Waals surface area contributed by atoms with Crippen LogP contribution in [0.2, 0.25) is 0 Å². The molecule has 23 heavy (non-hydrogen) atoms. The van der Waals surface area contributed by atoms with Gasteiger partial charge < -0.3 is 9.88 Å². The van der Waals surface area contributed by atoms with Gasteiger partial charge >= 0.3 is 0 Å². The molecule has 1 aliphatic heterocycles. The van der Waals surface area contributed by atoms with Gasteiger partial charge in [-0.05, 0) is 42.2 Å². The summed E-state index contributed by atoms with van der Waals surface area (Å²) in [5, 5.41) is 16.5. The molecule has 0 bridgehead atoms. The molecule has 1 atom stereocenters. The van der Waals surface area contributed by atoms with Crippen molar-refractivity contribution in [2.75, 3.05) is 6.54 Å². The standard InChI is InChI=1S/C17H20N4S2/c1-12-19-20-17-5-4-13(10-21(12)17)8-18-9-15-7-14(11-23-15)16-3-2-6-22-16/h2-3,6-7,11,13,18H,4-5,8-10H2,1H3/t13-/m1/s1. The molecule has 6 heteroatoms. The maximum absolute atomic E-state index is 4.24. The Balaban J connectivity index is 1.30. The third-order valence-electron chi connectivity index (χ3n) is 4.42. The topological polar surface area (TPSA) is 42.7 Å². The highest BCUT2D eigenvalue weighted by atomic mass is 32.1. The number of nitrogens with one attached hydrogen (secondary N) is 1. The maximum atomic E-state index is 4.24. The third kappa shape index (κ3) is 3.24. The van der Waals surface area contributed by atoms with Gasteiger partial charge in [0.25, 0.3) is 0 Å². The fourth-order valence-electron chi connectivity index (χ4n) is 3.14. The molecule has 0 fully saturated rings. The lowest BCUT2D eigenvalue weighted by Crippen LogP contribution is -2.30. The van der Waals surface area contributed by atoms with E-state index >= 15 is 0 Å². The first-order valence-electron chi connectivity index (χ1n) is 8.00. The number of nitrogens with zero attached hydrogens (tertiary/aromatic N) is 3. The Labute approximate surface area is 144 Å². The molecule has 120 valence electrons. The molecule has 0 unspecified atom stereocenters. The lowest BCUT2D eigenvalue weighted by Gasteiger charge is -2.24. The van der Waals surface area contributed by atoms with Crippen molar-refractivity contribution < 1.29 is 0 Å². The summed E-state index contributed by atoms with van der Waals surface area (Å²) in [5.41, 5.74) is 1.35. The first-order chi connectivity index (χ1) is 11.3. The summed E-state index contributed by atoms with van der Waals surface area (Å²) in [6.45, 7) is 5.11. The van der Waals surface area contributed by atoms with E-state index in [0.717, 1.165) is 37.7 Å². The van der Waals surface area contributed by atoms with E-state index in [4.69, 9.17) is 0 Å². The zero-order valence-electron chi connectivity index (χ0n) is 13.2. The monoisotopic (exact) mass is 344 g/mol. The Hall–Kier alpha value is -1.50. The van der Waals surface area contributed by atoms with Crippen LogP contribution < -0.4 is 5.32 Å². The minimum absolute atomic E-state index is 0.675. The van der Waals surface area contributed by atoms with Gasteiger partial charge in [0.1, 0.15) is 11.6 Å². The molecule has 0 spiro atoms. The van der Waals surface area contributed by atoms with Crippen molar-refractivity contribution in [1.82, 2.24) is 20.1 Å². The van der Waals surface area contributed by atoms with E-state index in [1.54, 1.807) is 11.3 Å². The van der Waals surface area contributed by atoms with Gasteiger partial charge in [-0.15, -0.1) is 32.9 Å². The zero-order valence-corrected chi connectivity index (χ0v) is 14.8. The molecule has 1 aliphatic rings. The van der Waals surface area contributed by atoms with Crippen molar-refractivity contribution in [3.05, 3.63) is 45.5 Å². The first-order valence-corrected chi connectivity index (χ1v) is 9.76. The van der Waals surface area contributed by atoms with Crippen LogP contribution in [-0.4, -0.2) is 21.3 Å². The summed E-state index contributed by atoms with van der Waals surface area (Å²) in [4.78, 5) is 2.76. The number of rotatable bonds is 5. The molecular formula is C17H20N4S2. The fraction of sp³-hybridized carbons (Fsp3) is 0.412. The molecule has 3 aromatic rings. The molecule has 0 saturated heterocycles. The summed E-state index contributed by atoms with van der Waals surface area (Å²) in [6, 6.07) is 6.61. The zero-order chi connectivity index (χ0) is 15.6. The second-order valence-corrected chi connectivity index (χ2v) is 8.03.